The van der Waals surface area contributed by atoms with Crippen LogP contribution in [0.2, 0.25) is 0 Å². The molecule has 126 valence electrons. The summed E-state index contributed by atoms with van der Waals surface area (Å²) in [5.74, 6) is 2.95. The summed E-state index contributed by atoms with van der Waals surface area (Å²) in [7, 11) is 0. The molecule has 0 bridgehead atoms. The molecule has 0 spiro atoms. The molecule has 2 N–H and O–H groups in total. The normalized spacial score (nSPS) is 28.6. The van der Waals surface area contributed by atoms with Crippen molar-refractivity contribution in [1.29, 1.82) is 0 Å². The number of hydrogen-bond acceptors (Lipinski definition) is 4. The summed E-state index contributed by atoms with van der Waals surface area (Å²) in [5, 5.41) is 6.16. The van der Waals surface area contributed by atoms with Gasteiger partial charge in [-0.25, -0.2) is 4.79 Å². The minimum atomic E-state index is -0.00967. The molecule has 0 unspecified atom stereocenters. The number of hydrogen-bond donors (Lipinski definition) is 2. The number of thioether (sulfide) groups is 1. The Kier molecular flexibility index (Phi) is 5.88. The maximum absolute atomic E-state index is 12.1. The van der Waals surface area contributed by atoms with Crippen LogP contribution in [0.15, 0.2) is 0 Å². The highest BCUT2D eigenvalue weighted by atomic mass is 32.2. The van der Waals surface area contributed by atoms with E-state index in [1.165, 1.54) is 50.3 Å². The quantitative estimate of drug-likeness (QED) is 0.807. The first kappa shape index (κ1) is 16.4. The van der Waals surface area contributed by atoms with Crippen LogP contribution < -0.4 is 10.6 Å². The highest BCUT2D eigenvalue weighted by molar-refractivity contribution is 7.99. The summed E-state index contributed by atoms with van der Waals surface area (Å²) in [4.78, 5) is 14.7. The molecule has 2 saturated heterocycles. The minimum Gasteiger partial charge on any atom is -0.381 e. The largest absolute Gasteiger partial charge is 0.381 e. The van der Waals surface area contributed by atoms with Gasteiger partial charge in [-0.3, -0.25) is 4.90 Å². The van der Waals surface area contributed by atoms with Crippen molar-refractivity contribution < 1.29 is 9.53 Å². The summed E-state index contributed by atoms with van der Waals surface area (Å²) in [6.45, 7) is 5.50. The Balaban J connectivity index is 1.45. The molecule has 2 amide bonds. The van der Waals surface area contributed by atoms with Crippen molar-refractivity contribution in [3.05, 3.63) is 0 Å². The third-order valence-corrected chi connectivity index (χ3v) is 6.31. The summed E-state index contributed by atoms with van der Waals surface area (Å²) in [6.07, 6.45) is 6.12. The fourth-order valence-electron chi connectivity index (χ4n) is 3.96. The van der Waals surface area contributed by atoms with E-state index in [9.17, 15) is 4.79 Å². The lowest BCUT2D eigenvalue weighted by Crippen LogP contribution is -2.57. The Morgan fingerprint density at radius 3 is 2.68 bits per heavy atom. The average Bonchev–Trinajstić information content (AvgIpc) is 3.24. The highest BCUT2D eigenvalue weighted by Crippen LogP contribution is 2.36. The van der Waals surface area contributed by atoms with Crippen LogP contribution >= 0.6 is 11.8 Å². The Bertz CT molecular complexity index is 362. The first-order valence-electron chi connectivity index (χ1n) is 8.71. The third-order valence-electron chi connectivity index (χ3n) is 5.37. The number of carbonyl (C=O) groups excluding carboxylic acids is 1. The first-order chi connectivity index (χ1) is 10.8. The van der Waals surface area contributed by atoms with Crippen molar-refractivity contribution in [1.82, 2.24) is 15.5 Å². The minimum absolute atomic E-state index is 0.00967. The standard InChI is InChI=1S/C16H29N3O2S/c20-15(17-11-14-3-8-21-12-14)18-13-16(4-1-2-5-16)19-6-9-22-10-7-19/h14H,1-13H2,(H2,17,18,20)/t14-/m0/s1. The van der Waals surface area contributed by atoms with E-state index < -0.39 is 0 Å². The van der Waals surface area contributed by atoms with Crippen LogP contribution in [0.5, 0.6) is 0 Å². The smallest absolute Gasteiger partial charge is 0.314 e. The molecule has 2 heterocycles. The van der Waals surface area contributed by atoms with E-state index in [2.05, 4.69) is 15.5 Å². The Morgan fingerprint density at radius 1 is 1.23 bits per heavy atom. The zero-order chi connectivity index (χ0) is 15.3. The third kappa shape index (κ3) is 4.09. The summed E-state index contributed by atoms with van der Waals surface area (Å²) >= 11 is 2.05. The molecule has 3 aliphatic rings. The zero-order valence-corrected chi connectivity index (χ0v) is 14.3. The van der Waals surface area contributed by atoms with Crippen LogP contribution in [0.4, 0.5) is 4.79 Å². The molecule has 3 rings (SSSR count). The Labute approximate surface area is 137 Å². The number of nitrogens with zero attached hydrogens (tertiary/aromatic N) is 1. The second kappa shape index (κ2) is 7.88. The van der Waals surface area contributed by atoms with Gasteiger partial charge in [-0.1, -0.05) is 12.8 Å². The lowest BCUT2D eigenvalue weighted by atomic mass is 9.94. The zero-order valence-electron chi connectivity index (χ0n) is 13.4. The molecule has 6 heteroatoms. The summed E-state index contributed by atoms with van der Waals surface area (Å²) < 4.78 is 5.35. The Hall–Kier alpha value is -0.460. The van der Waals surface area contributed by atoms with Crippen molar-refractivity contribution >= 4 is 17.8 Å². The van der Waals surface area contributed by atoms with E-state index in [0.717, 1.165) is 32.7 Å². The molecule has 1 aliphatic carbocycles. The van der Waals surface area contributed by atoms with Crippen molar-refractivity contribution in [2.45, 2.75) is 37.6 Å². The molecule has 1 atom stereocenters. The lowest BCUT2D eigenvalue weighted by molar-refractivity contribution is 0.104. The fourth-order valence-corrected chi connectivity index (χ4v) is 4.87. The molecular formula is C16H29N3O2S. The molecule has 2 aliphatic heterocycles. The lowest BCUT2D eigenvalue weighted by Gasteiger charge is -2.43. The van der Waals surface area contributed by atoms with Gasteiger partial charge in [-0.15, -0.1) is 0 Å². The van der Waals surface area contributed by atoms with Crippen molar-refractivity contribution in [3.8, 4) is 0 Å². The number of amides is 2. The predicted octanol–water partition coefficient (Wildman–Crippen LogP) is 1.68. The molecule has 0 aromatic heterocycles. The van der Waals surface area contributed by atoms with Crippen molar-refractivity contribution in [3.63, 3.8) is 0 Å². The second-order valence-electron chi connectivity index (χ2n) is 6.82. The van der Waals surface area contributed by atoms with Crippen LogP contribution in [0.25, 0.3) is 0 Å². The SMILES string of the molecule is O=C(NC[C@@H]1CCOC1)NCC1(N2CCSCC2)CCCC1. The average molecular weight is 327 g/mol. The summed E-state index contributed by atoms with van der Waals surface area (Å²) in [6, 6.07) is -0.00967. The van der Waals surface area contributed by atoms with Crippen LogP contribution in [-0.2, 0) is 4.74 Å². The molecular weight excluding hydrogens is 298 g/mol. The number of nitrogens with one attached hydrogen (secondary N) is 2. The highest BCUT2D eigenvalue weighted by Gasteiger charge is 2.40. The summed E-state index contributed by atoms with van der Waals surface area (Å²) in [5.41, 5.74) is 0.217. The molecule has 22 heavy (non-hydrogen) atoms. The topological polar surface area (TPSA) is 53.6 Å². The number of carbonyl (C=O) groups is 1. The molecule has 0 radical (unpaired) electrons. The van der Waals surface area contributed by atoms with Crippen molar-refractivity contribution in [2.75, 3.05) is 50.9 Å². The van der Waals surface area contributed by atoms with Crippen LogP contribution in [-0.4, -0.2) is 67.4 Å². The monoisotopic (exact) mass is 327 g/mol. The van der Waals surface area contributed by atoms with Crippen LogP contribution in [0.3, 0.4) is 0 Å². The van der Waals surface area contributed by atoms with Crippen LogP contribution in [0, 0.1) is 5.92 Å². The first-order valence-corrected chi connectivity index (χ1v) is 9.86. The number of urea groups is 1. The van der Waals surface area contributed by atoms with Gasteiger partial charge in [0.25, 0.3) is 0 Å². The Morgan fingerprint density at radius 2 is 2.00 bits per heavy atom. The van der Waals surface area contributed by atoms with Gasteiger partial charge in [-0.05, 0) is 19.3 Å². The van der Waals surface area contributed by atoms with E-state index in [-0.39, 0.29) is 11.6 Å². The van der Waals surface area contributed by atoms with E-state index in [0.29, 0.717) is 5.92 Å². The number of rotatable bonds is 5. The molecule has 0 aromatic carbocycles. The molecule has 0 aromatic rings. The maximum Gasteiger partial charge on any atom is 0.314 e. The maximum atomic E-state index is 12.1. The fraction of sp³-hybridized carbons (Fsp3) is 0.938. The van der Waals surface area contributed by atoms with E-state index in [1.54, 1.807) is 0 Å². The van der Waals surface area contributed by atoms with Crippen molar-refractivity contribution in [2.24, 2.45) is 5.92 Å². The van der Waals surface area contributed by atoms with E-state index in [1.807, 2.05) is 11.8 Å². The van der Waals surface area contributed by atoms with Gasteiger partial charge in [0.15, 0.2) is 0 Å². The van der Waals surface area contributed by atoms with E-state index >= 15 is 0 Å². The van der Waals surface area contributed by atoms with Gasteiger partial charge in [0.05, 0.1) is 6.61 Å². The van der Waals surface area contributed by atoms with Gasteiger partial charge in [0.2, 0.25) is 0 Å². The van der Waals surface area contributed by atoms with Gasteiger partial charge in [0.1, 0.15) is 0 Å². The number of ether oxygens (including phenoxy) is 1. The van der Waals surface area contributed by atoms with E-state index in [4.69, 9.17) is 4.74 Å². The van der Waals surface area contributed by atoms with Gasteiger partial charge < -0.3 is 15.4 Å². The van der Waals surface area contributed by atoms with Gasteiger partial charge in [0, 0.05) is 55.7 Å². The predicted molar refractivity (Wildman–Crippen MR) is 90.4 cm³/mol. The van der Waals surface area contributed by atoms with Gasteiger partial charge >= 0.3 is 6.03 Å². The second-order valence-corrected chi connectivity index (χ2v) is 8.05. The van der Waals surface area contributed by atoms with Gasteiger partial charge in [-0.2, -0.15) is 11.8 Å². The molecule has 1 saturated carbocycles. The van der Waals surface area contributed by atoms with Crippen LogP contribution in [0.1, 0.15) is 32.1 Å². The molecule has 3 fully saturated rings. The molecule has 5 nitrogen and oxygen atoms in total.